The van der Waals surface area contributed by atoms with Gasteiger partial charge in [-0.3, -0.25) is 0 Å². The van der Waals surface area contributed by atoms with Crippen LogP contribution in [0.4, 0.5) is 15.8 Å². The molecule has 1 saturated heterocycles. The number of hydrogen-bond acceptors (Lipinski definition) is 6. The van der Waals surface area contributed by atoms with Crippen LogP contribution in [0.15, 0.2) is 18.2 Å². The second-order valence-electron chi connectivity index (χ2n) is 4.92. The Hall–Kier alpha value is -1.42. The van der Waals surface area contributed by atoms with E-state index in [0.29, 0.717) is 31.0 Å². The Morgan fingerprint density at radius 2 is 2.14 bits per heavy atom. The van der Waals surface area contributed by atoms with Gasteiger partial charge in [0.05, 0.1) is 18.0 Å². The standard InChI is InChI=1S/C13H21FN4O3S/c1-15-11-2-3-13(12(14)10-11)17-5-4-16-18(7-6-17)22(20,21)9-8-19/h2-3,10,15-16,19H,4-9H2,1H3. The summed E-state index contributed by atoms with van der Waals surface area (Å²) in [6, 6.07) is 4.87. The van der Waals surface area contributed by atoms with Crippen LogP contribution in [0, 0.1) is 5.82 Å². The number of anilines is 2. The van der Waals surface area contributed by atoms with Crippen LogP contribution in [0.25, 0.3) is 0 Å². The highest BCUT2D eigenvalue weighted by atomic mass is 32.2. The lowest BCUT2D eigenvalue weighted by Gasteiger charge is -2.23. The molecule has 0 spiro atoms. The van der Waals surface area contributed by atoms with Crippen molar-refractivity contribution in [2.24, 2.45) is 0 Å². The number of halogens is 1. The summed E-state index contributed by atoms with van der Waals surface area (Å²) in [4.78, 5) is 1.80. The van der Waals surface area contributed by atoms with Crippen LogP contribution in [0.5, 0.6) is 0 Å². The number of nitrogens with zero attached hydrogens (tertiary/aromatic N) is 2. The van der Waals surface area contributed by atoms with Crippen LogP contribution in [0.1, 0.15) is 0 Å². The van der Waals surface area contributed by atoms with E-state index in [4.69, 9.17) is 5.11 Å². The third-order valence-electron chi connectivity index (χ3n) is 3.50. The van der Waals surface area contributed by atoms with Gasteiger partial charge in [0.1, 0.15) is 5.82 Å². The van der Waals surface area contributed by atoms with Crippen LogP contribution < -0.4 is 15.6 Å². The van der Waals surface area contributed by atoms with E-state index < -0.39 is 16.6 Å². The van der Waals surface area contributed by atoms with Gasteiger partial charge in [-0.1, -0.05) is 0 Å². The molecule has 0 aromatic heterocycles. The number of sulfonamides is 1. The first kappa shape index (κ1) is 16.9. The van der Waals surface area contributed by atoms with Gasteiger partial charge in [0.25, 0.3) is 0 Å². The topological polar surface area (TPSA) is 84.9 Å². The molecule has 0 saturated carbocycles. The number of rotatable bonds is 5. The monoisotopic (exact) mass is 332 g/mol. The summed E-state index contributed by atoms with van der Waals surface area (Å²) in [7, 11) is -1.82. The predicted molar refractivity (Wildman–Crippen MR) is 83.7 cm³/mol. The second-order valence-corrected chi connectivity index (χ2v) is 6.94. The maximum Gasteiger partial charge on any atom is 0.229 e. The Morgan fingerprint density at radius 1 is 1.36 bits per heavy atom. The van der Waals surface area contributed by atoms with Crippen molar-refractivity contribution in [2.75, 3.05) is 55.8 Å². The molecule has 0 bridgehead atoms. The minimum absolute atomic E-state index is 0.190. The van der Waals surface area contributed by atoms with Gasteiger partial charge in [0.2, 0.25) is 10.0 Å². The molecular weight excluding hydrogens is 311 g/mol. The number of aliphatic hydroxyl groups excluding tert-OH is 1. The molecule has 0 amide bonds. The van der Waals surface area contributed by atoms with Crippen LogP contribution in [-0.4, -0.2) is 63.5 Å². The average Bonchev–Trinajstić information content (AvgIpc) is 2.73. The highest BCUT2D eigenvalue weighted by Crippen LogP contribution is 2.23. The maximum absolute atomic E-state index is 14.1. The molecule has 1 aliphatic heterocycles. The zero-order chi connectivity index (χ0) is 16.2. The van der Waals surface area contributed by atoms with Crippen molar-refractivity contribution >= 4 is 21.4 Å². The van der Waals surface area contributed by atoms with Crippen molar-refractivity contribution in [3.8, 4) is 0 Å². The summed E-state index contributed by atoms with van der Waals surface area (Å²) in [5, 5.41) is 11.7. The van der Waals surface area contributed by atoms with Gasteiger partial charge in [-0.05, 0) is 18.2 Å². The molecule has 0 unspecified atom stereocenters. The van der Waals surface area contributed by atoms with Crippen molar-refractivity contribution in [3.05, 3.63) is 24.0 Å². The number of benzene rings is 1. The van der Waals surface area contributed by atoms with E-state index in [-0.39, 0.29) is 18.1 Å². The summed E-state index contributed by atoms with van der Waals surface area (Å²) in [5.41, 5.74) is 3.93. The van der Waals surface area contributed by atoms with Crippen molar-refractivity contribution < 1.29 is 17.9 Å². The molecule has 1 aromatic carbocycles. The highest BCUT2D eigenvalue weighted by molar-refractivity contribution is 7.89. The van der Waals surface area contributed by atoms with E-state index >= 15 is 0 Å². The van der Waals surface area contributed by atoms with Gasteiger partial charge in [0, 0.05) is 38.9 Å². The van der Waals surface area contributed by atoms with Gasteiger partial charge in [0.15, 0.2) is 0 Å². The summed E-state index contributed by atoms with van der Waals surface area (Å²) >= 11 is 0. The van der Waals surface area contributed by atoms with E-state index in [0.717, 1.165) is 4.41 Å². The Kier molecular flexibility index (Phi) is 5.57. The molecule has 0 radical (unpaired) electrons. The molecule has 3 N–H and O–H groups in total. The smallest absolute Gasteiger partial charge is 0.229 e. The molecule has 1 fully saturated rings. The van der Waals surface area contributed by atoms with Crippen LogP contribution in [0.2, 0.25) is 0 Å². The van der Waals surface area contributed by atoms with E-state index in [1.54, 1.807) is 24.1 Å². The van der Waals surface area contributed by atoms with Gasteiger partial charge in [-0.25, -0.2) is 18.2 Å². The zero-order valence-corrected chi connectivity index (χ0v) is 13.2. The molecule has 1 aliphatic rings. The fourth-order valence-electron chi connectivity index (χ4n) is 2.33. The lowest BCUT2D eigenvalue weighted by atomic mass is 10.2. The van der Waals surface area contributed by atoms with E-state index in [9.17, 15) is 12.8 Å². The van der Waals surface area contributed by atoms with Crippen molar-refractivity contribution in [2.45, 2.75) is 0 Å². The fourth-order valence-corrected chi connectivity index (χ4v) is 3.43. The van der Waals surface area contributed by atoms with E-state index in [1.807, 2.05) is 0 Å². The first-order chi connectivity index (χ1) is 10.5. The Bertz CT molecular complexity index is 611. The maximum atomic E-state index is 14.1. The molecule has 1 aromatic rings. The normalized spacial score (nSPS) is 17.3. The minimum atomic E-state index is -3.54. The van der Waals surface area contributed by atoms with Crippen molar-refractivity contribution in [1.82, 2.24) is 9.84 Å². The molecular formula is C13H21FN4O3S. The van der Waals surface area contributed by atoms with Gasteiger partial charge >= 0.3 is 0 Å². The largest absolute Gasteiger partial charge is 0.395 e. The van der Waals surface area contributed by atoms with Gasteiger partial charge < -0.3 is 15.3 Å². The quantitative estimate of drug-likeness (QED) is 0.693. The Labute approximate surface area is 129 Å². The number of aliphatic hydroxyl groups is 1. The lowest BCUT2D eigenvalue weighted by Crippen LogP contribution is -2.45. The predicted octanol–water partition coefficient (Wildman–Crippen LogP) is -0.184. The zero-order valence-electron chi connectivity index (χ0n) is 12.4. The van der Waals surface area contributed by atoms with Gasteiger partial charge in [-0.15, -0.1) is 4.41 Å². The third-order valence-corrected chi connectivity index (χ3v) is 5.19. The van der Waals surface area contributed by atoms with Crippen LogP contribution >= 0.6 is 0 Å². The third kappa shape index (κ3) is 3.86. The molecule has 124 valence electrons. The fraction of sp³-hybridized carbons (Fsp3) is 0.538. The SMILES string of the molecule is CNc1ccc(N2CCNN(S(=O)(=O)CCO)CC2)c(F)c1. The molecule has 0 aliphatic carbocycles. The number of hydrogen-bond donors (Lipinski definition) is 3. The molecule has 7 nitrogen and oxygen atoms in total. The molecule has 2 rings (SSSR count). The Balaban J connectivity index is 2.10. The summed E-state index contributed by atoms with van der Waals surface area (Å²) in [5.74, 6) is -0.677. The summed E-state index contributed by atoms with van der Waals surface area (Å²) in [6.45, 7) is 0.992. The van der Waals surface area contributed by atoms with E-state index in [2.05, 4.69) is 10.7 Å². The van der Waals surface area contributed by atoms with Gasteiger partial charge in [-0.2, -0.15) is 0 Å². The second kappa shape index (κ2) is 7.23. The molecule has 0 atom stereocenters. The lowest BCUT2D eigenvalue weighted by molar-refractivity contribution is 0.304. The minimum Gasteiger partial charge on any atom is -0.395 e. The first-order valence-corrected chi connectivity index (χ1v) is 8.66. The summed E-state index contributed by atoms with van der Waals surface area (Å²) in [6.07, 6.45) is 0. The van der Waals surface area contributed by atoms with Crippen LogP contribution in [0.3, 0.4) is 0 Å². The first-order valence-electron chi connectivity index (χ1n) is 7.05. The molecule has 1 heterocycles. The van der Waals surface area contributed by atoms with E-state index in [1.165, 1.54) is 6.07 Å². The number of hydrazine groups is 1. The van der Waals surface area contributed by atoms with Crippen molar-refractivity contribution in [1.29, 1.82) is 0 Å². The Morgan fingerprint density at radius 3 is 2.77 bits per heavy atom. The van der Waals surface area contributed by atoms with Crippen LogP contribution in [-0.2, 0) is 10.0 Å². The highest BCUT2D eigenvalue weighted by Gasteiger charge is 2.25. The summed E-state index contributed by atoms with van der Waals surface area (Å²) < 4.78 is 39.1. The van der Waals surface area contributed by atoms with Crippen molar-refractivity contribution in [3.63, 3.8) is 0 Å². The molecule has 9 heteroatoms. The average molecular weight is 332 g/mol. The molecule has 22 heavy (non-hydrogen) atoms. The number of nitrogens with one attached hydrogen (secondary N) is 2.